The van der Waals surface area contributed by atoms with Gasteiger partial charge in [0.1, 0.15) is 17.3 Å². The number of anilines is 1. The Morgan fingerprint density at radius 2 is 1.67 bits per heavy atom. The summed E-state index contributed by atoms with van der Waals surface area (Å²) in [5, 5.41) is 0. The predicted octanol–water partition coefficient (Wildman–Crippen LogP) is 2.27. The highest BCUT2D eigenvalue weighted by Gasteiger charge is 2.03. The number of aromatic nitrogens is 1. The third-order valence-electron chi connectivity index (χ3n) is 2.66. The number of pyridine rings is 1. The van der Waals surface area contributed by atoms with Crippen molar-refractivity contribution >= 4 is 5.82 Å². The van der Waals surface area contributed by atoms with Gasteiger partial charge in [-0.2, -0.15) is 0 Å². The van der Waals surface area contributed by atoms with Crippen LogP contribution in [0.4, 0.5) is 5.82 Å². The van der Waals surface area contributed by atoms with Crippen molar-refractivity contribution in [1.29, 1.82) is 0 Å². The molecule has 1 aromatic carbocycles. The molecule has 0 aliphatic heterocycles. The van der Waals surface area contributed by atoms with E-state index in [-0.39, 0.29) is 0 Å². The minimum atomic E-state index is 0.530. The number of ether oxygens (including phenoxy) is 2. The highest BCUT2D eigenvalue weighted by atomic mass is 16.5. The molecule has 2 N–H and O–H groups in total. The van der Waals surface area contributed by atoms with E-state index in [0.717, 1.165) is 29.0 Å². The molecule has 0 aliphatic carbocycles. The van der Waals surface area contributed by atoms with Crippen molar-refractivity contribution in [3.05, 3.63) is 47.7 Å². The Bertz CT molecular complexity index is 519. The van der Waals surface area contributed by atoms with Gasteiger partial charge in [-0.15, -0.1) is 0 Å². The number of hydrogen-bond acceptors (Lipinski definition) is 4. The molecule has 0 aliphatic rings. The second-order valence-electron chi connectivity index (χ2n) is 3.99. The number of hydrogen-bond donors (Lipinski definition) is 1. The van der Waals surface area contributed by atoms with Gasteiger partial charge in [0.05, 0.1) is 14.2 Å². The van der Waals surface area contributed by atoms with E-state index >= 15 is 0 Å². The fourth-order valence-electron chi connectivity index (χ4n) is 1.81. The Morgan fingerprint density at radius 3 is 2.22 bits per heavy atom. The number of nitrogens with zero attached hydrogens (tertiary/aromatic N) is 1. The SMILES string of the molecule is COc1cc(Cc2ccnc(N)c2)cc(OC)c1. The first-order valence-corrected chi connectivity index (χ1v) is 5.63. The molecule has 18 heavy (non-hydrogen) atoms. The van der Waals surface area contributed by atoms with Gasteiger partial charge in [0.15, 0.2) is 0 Å². The number of benzene rings is 1. The molecule has 0 bridgehead atoms. The molecule has 1 heterocycles. The predicted molar refractivity (Wildman–Crippen MR) is 71.0 cm³/mol. The lowest BCUT2D eigenvalue weighted by Gasteiger charge is -2.08. The fraction of sp³-hybridized carbons (Fsp3) is 0.214. The van der Waals surface area contributed by atoms with Crippen LogP contribution in [0.5, 0.6) is 11.5 Å². The maximum atomic E-state index is 5.66. The van der Waals surface area contributed by atoms with Gasteiger partial charge in [-0.3, -0.25) is 0 Å². The van der Waals surface area contributed by atoms with Crippen LogP contribution in [0.3, 0.4) is 0 Å². The number of methoxy groups -OCH3 is 2. The van der Waals surface area contributed by atoms with E-state index in [9.17, 15) is 0 Å². The van der Waals surface area contributed by atoms with Crippen molar-refractivity contribution < 1.29 is 9.47 Å². The molecule has 0 amide bonds. The van der Waals surface area contributed by atoms with Crippen LogP contribution in [-0.4, -0.2) is 19.2 Å². The summed E-state index contributed by atoms with van der Waals surface area (Å²) >= 11 is 0. The van der Waals surface area contributed by atoms with Gasteiger partial charge in [-0.1, -0.05) is 0 Å². The molecule has 0 atom stereocenters. The molecule has 2 rings (SSSR count). The summed E-state index contributed by atoms with van der Waals surface area (Å²) < 4.78 is 10.5. The Kier molecular flexibility index (Phi) is 3.67. The van der Waals surface area contributed by atoms with Gasteiger partial charge in [-0.05, 0) is 41.8 Å². The van der Waals surface area contributed by atoms with Gasteiger partial charge in [0.2, 0.25) is 0 Å². The maximum Gasteiger partial charge on any atom is 0.123 e. The average Bonchev–Trinajstić information content (AvgIpc) is 2.38. The first kappa shape index (κ1) is 12.2. The Hall–Kier alpha value is -2.23. The second kappa shape index (κ2) is 5.40. The quantitative estimate of drug-likeness (QED) is 0.896. The van der Waals surface area contributed by atoms with Crippen LogP contribution in [-0.2, 0) is 6.42 Å². The summed E-state index contributed by atoms with van der Waals surface area (Å²) in [5.74, 6) is 2.10. The molecule has 0 radical (unpaired) electrons. The van der Waals surface area contributed by atoms with Gasteiger partial charge in [-0.25, -0.2) is 4.98 Å². The van der Waals surface area contributed by atoms with Crippen LogP contribution in [0.1, 0.15) is 11.1 Å². The molecule has 2 aromatic rings. The largest absolute Gasteiger partial charge is 0.497 e. The van der Waals surface area contributed by atoms with E-state index in [1.165, 1.54) is 0 Å². The highest BCUT2D eigenvalue weighted by molar-refractivity contribution is 5.42. The normalized spacial score (nSPS) is 10.1. The van der Waals surface area contributed by atoms with Crippen LogP contribution < -0.4 is 15.2 Å². The number of nitrogen functional groups attached to an aromatic ring is 1. The van der Waals surface area contributed by atoms with Crippen LogP contribution >= 0.6 is 0 Å². The smallest absolute Gasteiger partial charge is 0.123 e. The van der Waals surface area contributed by atoms with Crippen molar-refractivity contribution in [2.45, 2.75) is 6.42 Å². The molecule has 0 saturated heterocycles. The summed E-state index contributed by atoms with van der Waals surface area (Å²) in [5.41, 5.74) is 7.88. The molecule has 0 fully saturated rings. The fourth-order valence-corrected chi connectivity index (χ4v) is 1.81. The zero-order chi connectivity index (χ0) is 13.0. The number of nitrogens with two attached hydrogens (primary N) is 1. The summed E-state index contributed by atoms with van der Waals surface area (Å²) in [7, 11) is 3.28. The van der Waals surface area contributed by atoms with Crippen molar-refractivity contribution in [2.24, 2.45) is 0 Å². The minimum Gasteiger partial charge on any atom is -0.497 e. The molecule has 94 valence electrons. The minimum absolute atomic E-state index is 0.530. The van der Waals surface area contributed by atoms with E-state index in [2.05, 4.69) is 4.98 Å². The molecule has 0 unspecified atom stereocenters. The van der Waals surface area contributed by atoms with Crippen molar-refractivity contribution in [2.75, 3.05) is 20.0 Å². The zero-order valence-electron chi connectivity index (χ0n) is 10.5. The summed E-state index contributed by atoms with van der Waals surface area (Å²) in [6.45, 7) is 0. The molecule has 1 aromatic heterocycles. The Morgan fingerprint density at radius 1 is 1.00 bits per heavy atom. The Balaban J connectivity index is 2.28. The van der Waals surface area contributed by atoms with E-state index in [4.69, 9.17) is 15.2 Å². The van der Waals surface area contributed by atoms with E-state index in [1.807, 2.05) is 30.3 Å². The summed E-state index contributed by atoms with van der Waals surface area (Å²) in [4.78, 5) is 3.98. The molecule has 0 spiro atoms. The molecule has 4 heteroatoms. The van der Waals surface area contributed by atoms with E-state index in [0.29, 0.717) is 5.82 Å². The second-order valence-corrected chi connectivity index (χ2v) is 3.99. The van der Waals surface area contributed by atoms with Gasteiger partial charge in [0, 0.05) is 12.3 Å². The highest BCUT2D eigenvalue weighted by Crippen LogP contribution is 2.24. The van der Waals surface area contributed by atoms with E-state index in [1.54, 1.807) is 20.4 Å². The third-order valence-corrected chi connectivity index (χ3v) is 2.66. The third kappa shape index (κ3) is 2.91. The van der Waals surface area contributed by atoms with Crippen LogP contribution in [0.25, 0.3) is 0 Å². The van der Waals surface area contributed by atoms with Crippen molar-refractivity contribution in [3.8, 4) is 11.5 Å². The van der Waals surface area contributed by atoms with Crippen LogP contribution in [0.2, 0.25) is 0 Å². The zero-order valence-corrected chi connectivity index (χ0v) is 10.5. The van der Waals surface area contributed by atoms with Crippen LogP contribution in [0.15, 0.2) is 36.5 Å². The lowest BCUT2D eigenvalue weighted by molar-refractivity contribution is 0.393. The summed E-state index contributed by atoms with van der Waals surface area (Å²) in [6.07, 6.45) is 2.47. The van der Waals surface area contributed by atoms with Crippen molar-refractivity contribution in [3.63, 3.8) is 0 Å². The first-order valence-electron chi connectivity index (χ1n) is 5.63. The van der Waals surface area contributed by atoms with Gasteiger partial charge >= 0.3 is 0 Å². The van der Waals surface area contributed by atoms with E-state index < -0.39 is 0 Å². The Labute approximate surface area is 106 Å². The lowest BCUT2D eigenvalue weighted by atomic mass is 10.1. The average molecular weight is 244 g/mol. The topological polar surface area (TPSA) is 57.4 Å². The summed E-state index contributed by atoms with van der Waals surface area (Å²) in [6, 6.07) is 9.64. The standard InChI is InChI=1S/C14H16N2O2/c1-17-12-6-11(7-13(9-12)18-2)5-10-3-4-16-14(15)8-10/h3-4,6-9H,5H2,1-2H3,(H2,15,16). The van der Waals surface area contributed by atoms with Gasteiger partial charge in [0.25, 0.3) is 0 Å². The first-order chi connectivity index (χ1) is 8.71. The lowest BCUT2D eigenvalue weighted by Crippen LogP contribution is -1.95. The monoisotopic (exact) mass is 244 g/mol. The molecule has 0 saturated carbocycles. The maximum absolute atomic E-state index is 5.66. The van der Waals surface area contributed by atoms with Gasteiger partial charge < -0.3 is 15.2 Å². The number of rotatable bonds is 4. The molecule has 4 nitrogen and oxygen atoms in total. The van der Waals surface area contributed by atoms with Crippen molar-refractivity contribution in [1.82, 2.24) is 4.98 Å². The molecular weight excluding hydrogens is 228 g/mol. The molecular formula is C14H16N2O2. The van der Waals surface area contributed by atoms with Crippen LogP contribution in [0, 0.1) is 0 Å².